The molecule has 0 saturated carbocycles. The molecule has 3 heterocycles. The molecule has 0 unspecified atom stereocenters. The van der Waals surface area contributed by atoms with Crippen LogP contribution < -0.4 is 9.47 Å². The van der Waals surface area contributed by atoms with Crippen molar-refractivity contribution in [3.05, 3.63) is 78.0 Å². The minimum Gasteiger partial charge on any atom is -0.497 e. The normalized spacial score (nSPS) is 11.0. The molecule has 0 aliphatic carbocycles. The average molecular weight is 459 g/mol. The van der Waals surface area contributed by atoms with Crippen LogP contribution in [0, 0.1) is 5.82 Å². The Morgan fingerprint density at radius 3 is 2.71 bits per heavy atom. The largest absolute Gasteiger partial charge is 0.497 e. The van der Waals surface area contributed by atoms with Crippen molar-refractivity contribution in [3.8, 4) is 22.8 Å². The first-order valence-electron chi connectivity index (χ1n) is 10.2. The van der Waals surface area contributed by atoms with Crippen LogP contribution in [0.3, 0.4) is 0 Å². The Kier molecular flexibility index (Phi) is 5.46. The van der Waals surface area contributed by atoms with Crippen molar-refractivity contribution >= 4 is 22.5 Å². The van der Waals surface area contributed by atoms with Gasteiger partial charge in [0.2, 0.25) is 0 Å². The van der Waals surface area contributed by atoms with E-state index in [0.717, 1.165) is 10.9 Å². The molecule has 0 amide bonds. The van der Waals surface area contributed by atoms with Gasteiger partial charge >= 0.3 is 5.97 Å². The summed E-state index contributed by atoms with van der Waals surface area (Å²) in [7, 11) is 2.80. The number of pyridine rings is 1. The van der Waals surface area contributed by atoms with E-state index in [1.807, 2.05) is 18.2 Å². The van der Waals surface area contributed by atoms with Crippen molar-refractivity contribution in [1.29, 1.82) is 0 Å². The summed E-state index contributed by atoms with van der Waals surface area (Å²) in [6.07, 6.45) is 1.65. The van der Waals surface area contributed by atoms with Gasteiger partial charge in [-0.25, -0.2) is 9.18 Å². The van der Waals surface area contributed by atoms with Crippen LogP contribution in [-0.4, -0.2) is 45.0 Å². The van der Waals surface area contributed by atoms with Gasteiger partial charge in [0.05, 0.1) is 31.0 Å². The lowest BCUT2D eigenvalue weighted by Gasteiger charge is -2.09. The van der Waals surface area contributed by atoms with Crippen LogP contribution in [0.25, 0.3) is 27.8 Å². The van der Waals surface area contributed by atoms with Crippen LogP contribution in [0.4, 0.5) is 4.39 Å². The van der Waals surface area contributed by atoms with E-state index in [0.29, 0.717) is 34.2 Å². The highest BCUT2D eigenvalue weighted by Crippen LogP contribution is 2.28. The van der Waals surface area contributed by atoms with Crippen LogP contribution >= 0.6 is 0 Å². The van der Waals surface area contributed by atoms with Crippen LogP contribution in [-0.2, 0) is 11.3 Å². The van der Waals surface area contributed by atoms with E-state index in [1.54, 1.807) is 37.6 Å². The maximum Gasteiger partial charge on any atom is 0.340 e. The molecule has 9 nitrogen and oxygen atoms in total. The van der Waals surface area contributed by atoms with E-state index in [4.69, 9.17) is 9.47 Å². The number of ether oxygens (including phenoxy) is 3. The second-order valence-electron chi connectivity index (χ2n) is 7.27. The van der Waals surface area contributed by atoms with E-state index in [9.17, 15) is 9.18 Å². The number of hydrogen-bond donors (Lipinski definition) is 0. The number of esters is 1. The summed E-state index contributed by atoms with van der Waals surface area (Å²) in [6, 6.07) is 14.9. The van der Waals surface area contributed by atoms with Crippen LogP contribution in [0.15, 0.2) is 60.8 Å². The number of carbonyl (C=O) groups is 1. The smallest absolute Gasteiger partial charge is 0.340 e. The SMILES string of the molecule is COC(=O)c1ccc(-c2ccc3nnc(COc4ccnc5cc(OC)ccc45)n3n2)cc1F. The molecule has 0 aliphatic heterocycles. The molecule has 0 atom stereocenters. The first-order valence-corrected chi connectivity index (χ1v) is 10.2. The van der Waals surface area contributed by atoms with Gasteiger partial charge in [-0.15, -0.1) is 10.2 Å². The Morgan fingerprint density at radius 2 is 1.91 bits per heavy atom. The van der Waals surface area contributed by atoms with Gasteiger partial charge in [0.1, 0.15) is 23.9 Å². The minimum atomic E-state index is -0.743. The third-order valence-corrected chi connectivity index (χ3v) is 5.26. The summed E-state index contributed by atoms with van der Waals surface area (Å²) in [5.41, 5.74) is 2.07. The number of hydrogen-bond acceptors (Lipinski definition) is 8. The second-order valence-corrected chi connectivity index (χ2v) is 7.27. The van der Waals surface area contributed by atoms with Gasteiger partial charge in [0.25, 0.3) is 0 Å². The number of aromatic nitrogens is 5. The molecule has 10 heteroatoms. The molecule has 0 spiro atoms. The molecule has 0 radical (unpaired) electrons. The van der Waals surface area contributed by atoms with Gasteiger partial charge in [-0.3, -0.25) is 4.98 Å². The molecule has 170 valence electrons. The topological polar surface area (TPSA) is 101 Å². The molecule has 0 saturated heterocycles. The maximum atomic E-state index is 14.4. The molecule has 34 heavy (non-hydrogen) atoms. The van der Waals surface area contributed by atoms with E-state index >= 15 is 0 Å². The number of nitrogens with zero attached hydrogens (tertiary/aromatic N) is 5. The van der Waals surface area contributed by atoms with Crippen molar-refractivity contribution < 1.29 is 23.4 Å². The molecule has 0 aliphatic rings. The number of benzene rings is 2. The molecule has 2 aromatic carbocycles. The monoisotopic (exact) mass is 459 g/mol. The molecule has 5 rings (SSSR count). The van der Waals surface area contributed by atoms with Gasteiger partial charge in [0, 0.05) is 23.2 Å². The molecule has 5 aromatic rings. The van der Waals surface area contributed by atoms with Gasteiger partial charge in [0.15, 0.2) is 11.5 Å². The van der Waals surface area contributed by atoms with Crippen molar-refractivity contribution in [2.45, 2.75) is 6.61 Å². The summed E-state index contributed by atoms with van der Waals surface area (Å²) in [5.74, 6) is 0.351. The van der Waals surface area contributed by atoms with E-state index in [2.05, 4.69) is 25.0 Å². The van der Waals surface area contributed by atoms with Crippen molar-refractivity contribution in [2.75, 3.05) is 14.2 Å². The Hall–Kier alpha value is -4.60. The molecule has 0 fully saturated rings. The van der Waals surface area contributed by atoms with E-state index < -0.39 is 11.8 Å². The predicted octanol–water partition coefficient (Wildman–Crippen LogP) is 3.85. The number of carbonyl (C=O) groups excluding carboxylic acids is 1. The summed E-state index contributed by atoms with van der Waals surface area (Å²) >= 11 is 0. The van der Waals surface area contributed by atoms with Crippen LogP contribution in [0.2, 0.25) is 0 Å². The Bertz CT molecular complexity index is 1540. The lowest BCUT2D eigenvalue weighted by molar-refractivity contribution is 0.0595. The Balaban J connectivity index is 1.44. The third kappa shape index (κ3) is 3.85. The molecule has 0 N–H and O–H groups in total. The molecular formula is C24H18FN5O4. The highest BCUT2D eigenvalue weighted by molar-refractivity contribution is 5.90. The zero-order valence-electron chi connectivity index (χ0n) is 18.2. The predicted molar refractivity (Wildman–Crippen MR) is 120 cm³/mol. The first kappa shape index (κ1) is 21.3. The molecule has 3 aromatic heterocycles. The number of halogens is 1. The summed E-state index contributed by atoms with van der Waals surface area (Å²) in [4.78, 5) is 16.0. The fraction of sp³-hybridized carbons (Fsp3) is 0.125. The number of fused-ring (bicyclic) bond motifs is 2. The number of methoxy groups -OCH3 is 2. The lowest BCUT2D eigenvalue weighted by Crippen LogP contribution is -2.06. The zero-order chi connectivity index (χ0) is 23.7. The van der Waals surface area contributed by atoms with Gasteiger partial charge in [-0.05, 0) is 42.5 Å². The van der Waals surface area contributed by atoms with Crippen LogP contribution in [0.5, 0.6) is 11.5 Å². The lowest BCUT2D eigenvalue weighted by atomic mass is 10.1. The second kappa shape index (κ2) is 8.74. The van der Waals surface area contributed by atoms with Gasteiger partial charge < -0.3 is 14.2 Å². The number of rotatable bonds is 6. The minimum absolute atomic E-state index is 0.0956. The fourth-order valence-corrected chi connectivity index (χ4v) is 3.52. The fourth-order valence-electron chi connectivity index (χ4n) is 3.52. The molecule has 0 bridgehead atoms. The van der Waals surface area contributed by atoms with Crippen molar-refractivity contribution in [3.63, 3.8) is 0 Å². The van der Waals surface area contributed by atoms with Crippen molar-refractivity contribution in [2.24, 2.45) is 0 Å². The first-order chi connectivity index (χ1) is 16.6. The summed E-state index contributed by atoms with van der Waals surface area (Å²) in [6.45, 7) is 0.0956. The zero-order valence-corrected chi connectivity index (χ0v) is 18.2. The quantitative estimate of drug-likeness (QED) is 0.353. The maximum absolute atomic E-state index is 14.4. The Labute approximate surface area is 192 Å². The average Bonchev–Trinajstić information content (AvgIpc) is 3.28. The summed E-state index contributed by atoms with van der Waals surface area (Å²) < 4.78 is 31.8. The van der Waals surface area contributed by atoms with E-state index in [1.165, 1.54) is 23.8 Å². The standard InChI is InChI=1S/C24H18FN5O4/c1-32-15-4-6-17-20(12-15)26-10-9-21(17)34-13-23-28-27-22-8-7-19(29-30(22)23)14-3-5-16(18(25)11-14)24(31)33-2/h3-12H,13H2,1-2H3. The summed E-state index contributed by atoms with van der Waals surface area (Å²) in [5, 5.41) is 13.7. The van der Waals surface area contributed by atoms with Crippen molar-refractivity contribution in [1.82, 2.24) is 24.8 Å². The van der Waals surface area contributed by atoms with Gasteiger partial charge in [-0.2, -0.15) is 9.61 Å². The Morgan fingerprint density at radius 1 is 1.03 bits per heavy atom. The molecular weight excluding hydrogens is 441 g/mol. The highest BCUT2D eigenvalue weighted by atomic mass is 19.1. The third-order valence-electron chi connectivity index (χ3n) is 5.26. The van der Waals surface area contributed by atoms with Gasteiger partial charge in [-0.1, -0.05) is 6.07 Å². The highest BCUT2D eigenvalue weighted by Gasteiger charge is 2.15. The van der Waals surface area contributed by atoms with E-state index in [-0.39, 0.29) is 12.2 Å². The van der Waals surface area contributed by atoms with Crippen LogP contribution in [0.1, 0.15) is 16.2 Å².